The Balaban J connectivity index is 1.96. The van der Waals surface area contributed by atoms with Crippen LogP contribution < -0.4 is 16.4 Å². The highest BCUT2D eigenvalue weighted by Gasteiger charge is 2.52. The predicted molar refractivity (Wildman–Crippen MR) is 68.5 cm³/mol. The van der Waals surface area contributed by atoms with Crippen molar-refractivity contribution < 1.29 is 27.6 Å². The fourth-order valence-corrected chi connectivity index (χ4v) is 2.51. The number of piperidine rings is 1. The van der Waals surface area contributed by atoms with Gasteiger partial charge in [-0.05, 0) is 25.7 Å². The standard InChI is InChI=1S/C12H17F3N4O3/c13-12(14,15)6-19-5-1-2-7(8(19)20)17-9(21)11(3-4-11)18-10(16)22/h7H,1-6H2,(H,17,21)(H3,16,18,22). The molecule has 0 aromatic heterocycles. The summed E-state index contributed by atoms with van der Waals surface area (Å²) in [5.74, 6) is -1.34. The van der Waals surface area contributed by atoms with Crippen molar-refractivity contribution >= 4 is 17.8 Å². The summed E-state index contributed by atoms with van der Waals surface area (Å²) in [6, 6.07) is -1.86. The summed E-state index contributed by atoms with van der Waals surface area (Å²) in [5, 5.41) is 4.73. The van der Waals surface area contributed by atoms with Crippen molar-refractivity contribution in [3.05, 3.63) is 0 Å². The van der Waals surface area contributed by atoms with E-state index in [1.165, 1.54) is 0 Å². The summed E-state index contributed by atoms with van der Waals surface area (Å²) in [6.07, 6.45) is -3.08. The van der Waals surface area contributed by atoms with Crippen LogP contribution in [0.5, 0.6) is 0 Å². The quantitative estimate of drug-likeness (QED) is 0.671. The molecule has 22 heavy (non-hydrogen) atoms. The molecule has 7 nitrogen and oxygen atoms in total. The lowest BCUT2D eigenvalue weighted by molar-refractivity contribution is -0.165. The molecule has 1 heterocycles. The van der Waals surface area contributed by atoms with Crippen LogP contribution in [0.3, 0.4) is 0 Å². The van der Waals surface area contributed by atoms with Crippen molar-refractivity contribution in [1.29, 1.82) is 0 Å². The van der Waals surface area contributed by atoms with Crippen LogP contribution >= 0.6 is 0 Å². The van der Waals surface area contributed by atoms with Crippen molar-refractivity contribution in [3.8, 4) is 0 Å². The number of urea groups is 1. The first-order valence-electron chi connectivity index (χ1n) is 6.87. The summed E-state index contributed by atoms with van der Waals surface area (Å²) in [6.45, 7) is -1.32. The van der Waals surface area contributed by atoms with Gasteiger partial charge in [-0.2, -0.15) is 13.2 Å². The molecule has 1 aliphatic heterocycles. The second-order valence-electron chi connectivity index (χ2n) is 5.61. The lowest BCUT2D eigenvalue weighted by Crippen LogP contribution is -2.58. The number of hydrogen-bond acceptors (Lipinski definition) is 3. The average Bonchev–Trinajstić information content (AvgIpc) is 3.12. The van der Waals surface area contributed by atoms with Gasteiger partial charge < -0.3 is 21.3 Å². The number of nitrogens with two attached hydrogens (primary N) is 1. The Kier molecular flexibility index (Phi) is 4.21. The molecule has 0 radical (unpaired) electrons. The molecule has 10 heteroatoms. The zero-order chi connectivity index (χ0) is 16.5. The molecule has 1 saturated carbocycles. The molecule has 1 unspecified atom stereocenters. The van der Waals surface area contributed by atoms with Crippen molar-refractivity contribution in [2.45, 2.75) is 43.4 Å². The smallest absolute Gasteiger partial charge is 0.352 e. The Bertz CT molecular complexity index is 490. The van der Waals surface area contributed by atoms with Crippen molar-refractivity contribution in [2.24, 2.45) is 5.73 Å². The van der Waals surface area contributed by atoms with E-state index in [1.807, 2.05) is 0 Å². The molecule has 0 bridgehead atoms. The van der Waals surface area contributed by atoms with Gasteiger partial charge in [0.25, 0.3) is 0 Å². The number of carbonyl (C=O) groups excluding carboxylic acids is 3. The molecule has 4 N–H and O–H groups in total. The van der Waals surface area contributed by atoms with E-state index in [9.17, 15) is 27.6 Å². The molecule has 1 saturated heterocycles. The number of halogens is 3. The number of likely N-dealkylation sites (tertiary alicyclic amines) is 1. The van der Waals surface area contributed by atoms with E-state index < -0.39 is 42.1 Å². The fraction of sp³-hybridized carbons (Fsp3) is 0.750. The van der Waals surface area contributed by atoms with Crippen LogP contribution in [0.25, 0.3) is 0 Å². The molecule has 2 rings (SSSR count). The Morgan fingerprint density at radius 1 is 1.36 bits per heavy atom. The third-order valence-corrected chi connectivity index (χ3v) is 3.75. The Morgan fingerprint density at radius 2 is 2.00 bits per heavy atom. The monoisotopic (exact) mass is 322 g/mol. The molecule has 2 fully saturated rings. The van der Waals surface area contributed by atoms with E-state index in [1.54, 1.807) is 0 Å². The second kappa shape index (κ2) is 5.65. The zero-order valence-electron chi connectivity index (χ0n) is 11.7. The maximum absolute atomic E-state index is 12.4. The van der Waals surface area contributed by atoms with E-state index in [-0.39, 0.29) is 13.0 Å². The van der Waals surface area contributed by atoms with Gasteiger partial charge in [0.1, 0.15) is 18.1 Å². The van der Waals surface area contributed by atoms with E-state index in [2.05, 4.69) is 10.6 Å². The molecule has 0 spiro atoms. The summed E-state index contributed by atoms with van der Waals surface area (Å²) >= 11 is 0. The van der Waals surface area contributed by atoms with Crippen LogP contribution in [0.2, 0.25) is 0 Å². The van der Waals surface area contributed by atoms with Gasteiger partial charge in [-0.3, -0.25) is 9.59 Å². The predicted octanol–water partition coefficient (Wildman–Crippen LogP) is -0.143. The largest absolute Gasteiger partial charge is 0.406 e. The van der Waals surface area contributed by atoms with Crippen LogP contribution in [0, 0.1) is 0 Å². The van der Waals surface area contributed by atoms with Gasteiger partial charge in [0, 0.05) is 6.54 Å². The average molecular weight is 322 g/mol. The first-order valence-corrected chi connectivity index (χ1v) is 6.87. The number of amides is 4. The molecule has 0 aromatic rings. The van der Waals surface area contributed by atoms with E-state index in [4.69, 9.17) is 5.73 Å². The van der Waals surface area contributed by atoms with E-state index in [0.717, 1.165) is 0 Å². The first-order chi connectivity index (χ1) is 10.1. The fourth-order valence-electron chi connectivity index (χ4n) is 2.51. The SMILES string of the molecule is NC(=O)NC1(C(=O)NC2CCCN(CC(F)(F)F)C2=O)CC1. The number of primary amides is 1. The van der Waals surface area contributed by atoms with Gasteiger partial charge in [0.05, 0.1) is 0 Å². The van der Waals surface area contributed by atoms with Gasteiger partial charge in [0.15, 0.2) is 0 Å². The number of hydrogen-bond donors (Lipinski definition) is 3. The van der Waals surface area contributed by atoms with Crippen molar-refractivity contribution in [1.82, 2.24) is 15.5 Å². The number of alkyl halides is 3. The summed E-state index contributed by atoms with van der Waals surface area (Å²) < 4.78 is 37.2. The van der Waals surface area contributed by atoms with Crippen LogP contribution in [0.4, 0.5) is 18.0 Å². The third kappa shape index (κ3) is 3.80. The molecular formula is C12H17F3N4O3. The molecule has 1 aliphatic carbocycles. The third-order valence-electron chi connectivity index (χ3n) is 3.75. The number of carbonyl (C=O) groups is 3. The minimum absolute atomic E-state index is 0.00932. The summed E-state index contributed by atoms with van der Waals surface area (Å²) in [7, 11) is 0. The maximum Gasteiger partial charge on any atom is 0.406 e. The minimum Gasteiger partial charge on any atom is -0.352 e. The van der Waals surface area contributed by atoms with Crippen molar-refractivity contribution in [2.75, 3.05) is 13.1 Å². The highest BCUT2D eigenvalue weighted by Crippen LogP contribution is 2.35. The molecule has 2 aliphatic rings. The number of rotatable bonds is 4. The highest BCUT2D eigenvalue weighted by molar-refractivity contribution is 5.96. The summed E-state index contributed by atoms with van der Waals surface area (Å²) in [4.78, 5) is 35.6. The molecule has 4 amide bonds. The zero-order valence-corrected chi connectivity index (χ0v) is 11.7. The molecular weight excluding hydrogens is 305 g/mol. The topological polar surface area (TPSA) is 105 Å². The van der Waals surface area contributed by atoms with E-state index >= 15 is 0 Å². The Hall–Kier alpha value is -2.00. The van der Waals surface area contributed by atoms with Gasteiger partial charge in [0.2, 0.25) is 11.8 Å². The lowest BCUT2D eigenvalue weighted by Gasteiger charge is -2.33. The molecule has 0 aromatic carbocycles. The van der Waals surface area contributed by atoms with Crippen molar-refractivity contribution in [3.63, 3.8) is 0 Å². The van der Waals surface area contributed by atoms with Gasteiger partial charge in [-0.25, -0.2) is 4.79 Å². The maximum atomic E-state index is 12.4. The van der Waals surface area contributed by atoms with Crippen LogP contribution in [-0.4, -0.2) is 53.6 Å². The van der Waals surface area contributed by atoms with Crippen LogP contribution in [0.15, 0.2) is 0 Å². The Morgan fingerprint density at radius 3 is 2.50 bits per heavy atom. The minimum atomic E-state index is -4.48. The number of nitrogens with one attached hydrogen (secondary N) is 2. The first kappa shape index (κ1) is 16.4. The summed E-state index contributed by atoms with van der Waals surface area (Å²) in [5.41, 5.74) is 3.85. The van der Waals surface area contributed by atoms with Gasteiger partial charge in [-0.15, -0.1) is 0 Å². The molecule has 124 valence electrons. The van der Waals surface area contributed by atoms with E-state index in [0.29, 0.717) is 24.2 Å². The highest BCUT2D eigenvalue weighted by atomic mass is 19.4. The second-order valence-corrected chi connectivity index (χ2v) is 5.61. The normalized spacial score (nSPS) is 23.9. The van der Waals surface area contributed by atoms with Gasteiger partial charge >= 0.3 is 12.2 Å². The number of nitrogens with zero attached hydrogens (tertiary/aromatic N) is 1. The van der Waals surface area contributed by atoms with Gasteiger partial charge in [-0.1, -0.05) is 0 Å². The van der Waals surface area contributed by atoms with Crippen LogP contribution in [-0.2, 0) is 9.59 Å². The van der Waals surface area contributed by atoms with Crippen LogP contribution in [0.1, 0.15) is 25.7 Å². The molecule has 1 atom stereocenters. The lowest BCUT2D eigenvalue weighted by atomic mass is 10.0. The Labute approximate surface area is 124 Å².